The van der Waals surface area contributed by atoms with Gasteiger partial charge in [-0.2, -0.15) is 0 Å². The fourth-order valence-corrected chi connectivity index (χ4v) is 3.10. The predicted molar refractivity (Wildman–Crippen MR) is 63.2 cm³/mol. The van der Waals surface area contributed by atoms with Crippen LogP contribution in [-0.2, 0) is 4.79 Å². The van der Waals surface area contributed by atoms with Crippen LogP contribution in [0, 0.1) is 0 Å². The first kappa shape index (κ1) is 9.04. The van der Waals surface area contributed by atoms with Gasteiger partial charge in [0.1, 0.15) is 0 Å². The highest BCUT2D eigenvalue weighted by molar-refractivity contribution is 7.99. The number of amides is 1. The Labute approximate surface area is 93.0 Å². The zero-order valence-corrected chi connectivity index (χ0v) is 9.09. The van der Waals surface area contributed by atoms with Crippen molar-refractivity contribution in [3.63, 3.8) is 0 Å². The third-order valence-corrected chi connectivity index (χ3v) is 3.81. The number of hydrogen-bond donors (Lipinski definition) is 0. The zero-order chi connectivity index (χ0) is 10.3. The maximum absolute atomic E-state index is 11.9. The van der Waals surface area contributed by atoms with E-state index in [0.29, 0.717) is 6.42 Å². The van der Waals surface area contributed by atoms with E-state index in [-0.39, 0.29) is 5.91 Å². The Hall–Kier alpha value is -1.22. The van der Waals surface area contributed by atoms with Crippen molar-refractivity contribution in [2.24, 2.45) is 0 Å². The first-order valence-corrected chi connectivity index (χ1v) is 6.07. The summed E-state index contributed by atoms with van der Waals surface area (Å²) < 4.78 is 0. The molecule has 3 heteroatoms. The molecule has 0 unspecified atom stereocenters. The van der Waals surface area contributed by atoms with E-state index in [4.69, 9.17) is 0 Å². The van der Waals surface area contributed by atoms with E-state index in [2.05, 4.69) is 30.4 Å². The van der Waals surface area contributed by atoms with Gasteiger partial charge in [0.15, 0.2) is 0 Å². The van der Waals surface area contributed by atoms with Crippen LogP contribution in [0.4, 0.5) is 5.69 Å². The second-order valence-electron chi connectivity index (χ2n) is 3.70. The van der Waals surface area contributed by atoms with Gasteiger partial charge in [-0.3, -0.25) is 4.79 Å². The van der Waals surface area contributed by atoms with Gasteiger partial charge < -0.3 is 4.90 Å². The summed E-state index contributed by atoms with van der Waals surface area (Å²) in [6.07, 6.45) is 4.81. The molecule has 2 aliphatic rings. The van der Waals surface area contributed by atoms with Crippen LogP contribution in [0.25, 0.3) is 6.08 Å². The number of hydrogen-bond acceptors (Lipinski definition) is 2. The standard InChI is InChI=1S/C12H11NOS/c14-11-6-8-15-10-5-1-3-9-4-2-7-13(11)12(9)10/h1-5H,6-8H2. The molecule has 1 aromatic rings. The normalized spacial score (nSPS) is 18.7. The lowest BCUT2D eigenvalue weighted by Gasteiger charge is -2.26. The second kappa shape index (κ2) is 3.42. The van der Waals surface area contributed by atoms with Crippen LogP contribution >= 0.6 is 11.8 Å². The Morgan fingerprint density at radius 3 is 3.20 bits per heavy atom. The molecule has 76 valence electrons. The minimum absolute atomic E-state index is 0.248. The minimum Gasteiger partial charge on any atom is -0.307 e. The second-order valence-corrected chi connectivity index (χ2v) is 4.84. The van der Waals surface area contributed by atoms with Crippen molar-refractivity contribution in [1.82, 2.24) is 0 Å². The van der Waals surface area contributed by atoms with Crippen LogP contribution in [0.3, 0.4) is 0 Å². The van der Waals surface area contributed by atoms with Crippen molar-refractivity contribution in [3.8, 4) is 0 Å². The van der Waals surface area contributed by atoms with Gasteiger partial charge in [-0.05, 0) is 11.6 Å². The first-order chi connectivity index (χ1) is 7.36. The number of thioether (sulfide) groups is 1. The van der Waals surface area contributed by atoms with Crippen LogP contribution in [0.1, 0.15) is 12.0 Å². The number of benzene rings is 1. The van der Waals surface area contributed by atoms with Crippen LogP contribution in [0.15, 0.2) is 29.2 Å². The topological polar surface area (TPSA) is 20.3 Å². The summed E-state index contributed by atoms with van der Waals surface area (Å²) in [6.45, 7) is 0.726. The van der Waals surface area contributed by atoms with Crippen LogP contribution < -0.4 is 4.90 Å². The van der Waals surface area contributed by atoms with E-state index in [1.54, 1.807) is 11.8 Å². The van der Waals surface area contributed by atoms with Crippen molar-refractivity contribution in [3.05, 3.63) is 29.8 Å². The Kier molecular flexibility index (Phi) is 2.06. The third-order valence-electron chi connectivity index (χ3n) is 2.76. The van der Waals surface area contributed by atoms with E-state index in [1.165, 1.54) is 10.5 Å². The molecule has 0 atom stereocenters. The number of anilines is 1. The highest BCUT2D eigenvalue weighted by Crippen LogP contribution is 2.39. The molecule has 1 aromatic carbocycles. The molecule has 0 radical (unpaired) electrons. The van der Waals surface area contributed by atoms with Gasteiger partial charge in [-0.1, -0.05) is 24.3 Å². The lowest BCUT2D eigenvalue weighted by Crippen LogP contribution is -2.32. The molecule has 1 amide bonds. The molecule has 0 fully saturated rings. The zero-order valence-electron chi connectivity index (χ0n) is 8.27. The summed E-state index contributed by atoms with van der Waals surface area (Å²) in [5, 5.41) is 0. The van der Waals surface area contributed by atoms with E-state index in [9.17, 15) is 4.79 Å². The van der Waals surface area contributed by atoms with Crippen molar-refractivity contribution in [2.75, 3.05) is 17.2 Å². The summed E-state index contributed by atoms with van der Waals surface area (Å²) >= 11 is 1.78. The van der Waals surface area contributed by atoms with Crippen molar-refractivity contribution in [2.45, 2.75) is 11.3 Å². The molecule has 0 spiro atoms. The maximum Gasteiger partial charge on any atom is 0.228 e. The summed E-state index contributed by atoms with van der Waals surface area (Å²) in [4.78, 5) is 15.0. The molecule has 3 rings (SSSR count). The highest BCUT2D eigenvalue weighted by atomic mass is 32.2. The molecular weight excluding hydrogens is 206 g/mol. The van der Waals surface area contributed by atoms with Crippen LogP contribution in [0.5, 0.6) is 0 Å². The highest BCUT2D eigenvalue weighted by Gasteiger charge is 2.25. The van der Waals surface area contributed by atoms with E-state index in [0.717, 1.165) is 18.0 Å². The average molecular weight is 217 g/mol. The molecule has 0 N–H and O–H groups in total. The quantitative estimate of drug-likeness (QED) is 0.665. The van der Waals surface area contributed by atoms with E-state index >= 15 is 0 Å². The summed E-state index contributed by atoms with van der Waals surface area (Å²) in [7, 11) is 0. The molecule has 15 heavy (non-hydrogen) atoms. The summed E-state index contributed by atoms with van der Waals surface area (Å²) in [5.74, 6) is 1.14. The van der Waals surface area contributed by atoms with Gasteiger partial charge >= 0.3 is 0 Å². The van der Waals surface area contributed by atoms with Gasteiger partial charge in [0.05, 0.1) is 5.69 Å². The van der Waals surface area contributed by atoms with Gasteiger partial charge in [0, 0.05) is 23.6 Å². The van der Waals surface area contributed by atoms with Crippen molar-refractivity contribution >= 4 is 29.4 Å². The summed E-state index contributed by atoms with van der Waals surface area (Å²) in [6, 6.07) is 6.24. The van der Waals surface area contributed by atoms with Gasteiger partial charge in [-0.25, -0.2) is 0 Å². The largest absolute Gasteiger partial charge is 0.307 e. The Morgan fingerprint density at radius 2 is 2.27 bits per heavy atom. The first-order valence-electron chi connectivity index (χ1n) is 5.09. The molecular formula is C12H11NOS. The molecule has 0 bridgehead atoms. The Balaban J connectivity index is 2.23. The van der Waals surface area contributed by atoms with Crippen LogP contribution in [-0.4, -0.2) is 18.2 Å². The number of carbonyl (C=O) groups is 1. The monoisotopic (exact) mass is 217 g/mol. The minimum atomic E-state index is 0.248. The molecule has 0 aliphatic carbocycles. The number of carbonyl (C=O) groups excluding carboxylic acids is 1. The third kappa shape index (κ3) is 1.38. The van der Waals surface area contributed by atoms with Crippen LogP contribution in [0.2, 0.25) is 0 Å². The van der Waals surface area contributed by atoms with Gasteiger partial charge in [0.2, 0.25) is 5.91 Å². The Bertz CT molecular complexity index is 453. The fourth-order valence-electron chi connectivity index (χ4n) is 2.07. The molecule has 0 aromatic heterocycles. The van der Waals surface area contributed by atoms with Gasteiger partial charge in [-0.15, -0.1) is 11.8 Å². The van der Waals surface area contributed by atoms with Gasteiger partial charge in [0.25, 0.3) is 0 Å². The van der Waals surface area contributed by atoms with Crippen molar-refractivity contribution in [1.29, 1.82) is 0 Å². The number of para-hydroxylation sites is 1. The number of nitrogens with zero attached hydrogens (tertiary/aromatic N) is 1. The Morgan fingerprint density at radius 1 is 1.33 bits per heavy atom. The molecule has 0 saturated carbocycles. The molecule has 2 nitrogen and oxygen atoms in total. The SMILES string of the molecule is O=C1CCSc2cccc3c2N1CC=C3. The number of rotatable bonds is 0. The lowest BCUT2D eigenvalue weighted by molar-refractivity contribution is -0.118. The predicted octanol–water partition coefficient (Wildman–Crippen LogP) is 2.54. The molecule has 2 heterocycles. The molecule has 2 aliphatic heterocycles. The maximum atomic E-state index is 11.9. The lowest BCUT2D eigenvalue weighted by atomic mass is 10.1. The fraction of sp³-hybridized carbons (Fsp3) is 0.250. The average Bonchev–Trinajstić information content (AvgIpc) is 2.42. The van der Waals surface area contributed by atoms with E-state index < -0.39 is 0 Å². The van der Waals surface area contributed by atoms with Crippen molar-refractivity contribution < 1.29 is 4.79 Å². The smallest absolute Gasteiger partial charge is 0.228 e. The molecule has 0 saturated heterocycles. The van der Waals surface area contributed by atoms with E-state index in [1.807, 2.05) is 4.90 Å². The summed E-state index contributed by atoms with van der Waals surface area (Å²) in [5.41, 5.74) is 2.29.